The number of nitrogens with one attached hydrogen (secondary N) is 1. The van der Waals surface area contributed by atoms with Crippen LogP contribution in [0.15, 0.2) is 52.7 Å². The molecule has 1 aliphatic heterocycles. The number of carbonyl (C=O) groups excluding carboxylic acids is 1. The highest BCUT2D eigenvalue weighted by molar-refractivity contribution is 7.89. The molecule has 4 rings (SSSR count). The van der Waals surface area contributed by atoms with Gasteiger partial charge in [0.15, 0.2) is 11.5 Å². The van der Waals surface area contributed by atoms with Gasteiger partial charge < -0.3 is 14.8 Å². The van der Waals surface area contributed by atoms with Crippen molar-refractivity contribution in [2.24, 2.45) is 0 Å². The minimum Gasteiger partial charge on any atom is -0.493 e. The first-order valence-corrected chi connectivity index (χ1v) is 12.3. The Labute approximate surface area is 190 Å². The summed E-state index contributed by atoms with van der Waals surface area (Å²) in [4.78, 5) is 17.4. The topological polar surface area (TPSA) is 97.8 Å². The SMILES string of the molecule is COc1cccc(-c2nc(C(=O)Nc3cccc(S(=O)(=O)N4CCCC4)c3)cs2)c1OC. The Bertz CT molecular complexity index is 1230. The molecule has 3 aromatic rings. The first-order valence-electron chi connectivity index (χ1n) is 10.0. The number of nitrogens with zero attached hydrogens (tertiary/aromatic N) is 2. The quantitative estimate of drug-likeness (QED) is 0.560. The number of sulfonamides is 1. The number of rotatable bonds is 7. The molecular weight excluding hydrogens is 450 g/mol. The smallest absolute Gasteiger partial charge is 0.275 e. The van der Waals surface area contributed by atoms with Gasteiger partial charge in [0.05, 0.1) is 24.7 Å². The number of hydrogen-bond donors (Lipinski definition) is 1. The summed E-state index contributed by atoms with van der Waals surface area (Å²) in [5, 5.41) is 5.00. The second kappa shape index (κ2) is 9.27. The van der Waals surface area contributed by atoms with E-state index in [0.717, 1.165) is 18.4 Å². The minimum absolute atomic E-state index is 0.164. The maximum Gasteiger partial charge on any atom is 0.275 e. The van der Waals surface area contributed by atoms with E-state index in [-0.39, 0.29) is 10.6 Å². The lowest BCUT2D eigenvalue weighted by atomic mass is 10.2. The highest BCUT2D eigenvalue weighted by atomic mass is 32.2. The van der Waals surface area contributed by atoms with Gasteiger partial charge in [-0.2, -0.15) is 4.31 Å². The van der Waals surface area contributed by atoms with E-state index in [0.29, 0.717) is 35.3 Å². The fraction of sp³-hybridized carbons (Fsp3) is 0.273. The van der Waals surface area contributed by atoms with Crippen molar-refractivity contribution in [1.29, 1.82) is 0 Å². The van der Waals surface area contributed by atoms with Crippen molar-refractivity contribution in [2.75, 3.05) is 32.6 Å². The summed E-state index contributed by atoms with van der Waals surface area (Å²) >= 11 is 1.30. The van der Waals surface area contributed by atoms with Crippen LogP contribution in [-0.2, 0) is 10.0 Å². The highest BCUT2D eigenvalue weighted by Crippen LogP contribution is 2.39. The number of benzene rings is 2. The zero-order valence-corrected chi connectivity index (χ0v) is 19.3. The maximum absolute atomic E-state index is 12.8. The summed E-state index contributed by atoms with van der Waals surface area (Å²) in [5.41, 5.74) is 1.33. The Balaban J connectivity index is 1.55. The van der Waals surface area contributed by atoms with Crippen molar-refractivity contribution in [1.82, 2.24) is 9.29 Å². The molecule has 168 valence electrons. The normalized spacial score (nSPS) is 14.3. The van der Waals surface area contributed by atoms with Crippen molar-refractivity contribution >= 4 is 33.0 Å². The summed E-state index contributed by atoms with van der Waals surface area (Å²) in [7, 11) is -0.462. The monoisotopic (exact) mass is 473 g/mol. The standard InChI is InChI=1S/C22H23N3O5S2/c1-29-19-10-6-9-17(20(19)30-2)22-24-18(14-31-22)21(26)23-15-7-5-8-16(13-15)32(27,28)25-11-3-4-12-25/h5-10,13-14H,3-4,11-12H2,1-2H3,(H,23,26). The predicted molar refractivity (Wildman–Crippen MR) is 123 cm³/mol. The Hall–Kier alpha value is -2.95. The molecule has 2 heterocycles. The van der Waals surface area contributed by atoms with E-state index in [1.807, 2.05) is 12.1 Å². The van der Waals surface area contributed by atoms with Crippen molar-refractivity contribution in [3.63, 3.8) is 0 Å². The van der Waals surface area contributed by atoms with Gasteiger partial charge in [-0.05, 0) is 43.2 Å². The van der Waals surface area contributed by atoms with Crippen molar-refractivity contribution in [3.8, 4) is 22.1 Å². The number of anilines is 1. The lowest BCUT2D eigenvalue weighted by Crippen LogP contribution is -2.27. The van der Waals surface area contributed by atoms with Gasteiger partial charge in [0, 0.05) is 24.2 Å². The summed E-state index contributed by atoms with van der Waals surface area (Å²) in [5.74, 6) is 0.684. The van der Waals surface area contributed by atoms with E-state index in [1.54, 1.807) is 43.9 Å². The number of thiazole rings is 1. The summed E-state index contributed by atoms with van der Waals surface area (Å²) in [6.45, 7) is 1.04. The third-order valence-electron chi connectivity index (χ3n) is 5.16. The van der Waals surface area contributed by atoms with Crippen molar-refractivity contribution < 1.29 is 22.7 Å². The fourth-order valence-electron chi connectivity index (χ4n) is 3.56. The van der Waals surface area contributed by atoms with Gasteiger partial charge in [-0.3, -0.25) is 4.79 Å². The summed E-state index contributed by atoms with van der Waals surface area (Å²) < 4.78 is 37.8. The van der Waals surface area contributed by atoms with E-state index in [4.69, 9.17) is 9.47 Å². The van der Waals surface area contributed by atoms with Gasteiger partial charge in [0.1, 0.15) is 10.7 Å². The van der Waals surface area contributed by atoms with Crippen LogP contribution in [0.25, 0.3) is 10.6 Å². The second-order valence-electron chi connectivity index (χ2n) is 7.17. The molecule has 0 unspecified atom stereocenters. The number of para-hydroxylation sites is 1. The molecule has 0 saturated carbocycles. The molecule has 0 atom stereocenters. The largest absolute Gasteiger partial charge is 0.493 e. The number of hydrogen-bond acceptors (Lipinski definition) is 7. The average Bonchev–Trinajstić information content (AvgIpc) is 3.51. The highest BCUT2D eigenvalue weighted by Gasteiger charge is 2.27. The van der Waals surface area contributed by atoms with Crippen LogP contribution in [-0.4, -0.2) is 50.9 Å². The molecule has 1 aliphatic rings. The Morgan fingerprint density at radius 2 is 1.84 bits per heavy atom. The molecule has 10 heteroatoms. The van der Waals surface area contributed by atoms with Crippen LogP contribution in [0.4, 0.5) is 5.69 Å². The molecular formula is C22H23N3O5S2. The third kappa shape index (κ3) is 4.34. The molecule has 0 radical (unpaired) electrons. The number of aromatic nitrogens is 1. The lowest BCUT2D eigenvalue weighted by Gasteiger charge is -2.16. The van der Waals surface area contributed by atoms with Gasteiger partial charge in [0.25, 0.3) is 5.91 Å². The summed E-state index contributed by atoms with van der Waals surface area (Å²) in [6.07, 6.45) is 1.72. The van der Waals surface area contributed by atoms with E-state index < -0.39 is 15.9 Å². The molecule has 2 aromatic carbocycles. The zero-order valence-electron chi connectivity index (χ0n) is 17.7. The van der Waals surface area contributed by atoms with E-state index in [1.165, 1.54) is 21.7 Å². The maximum atomic E-state index is 12.8. The number of amides is 1. The van der Waals surface area contributed by atoms with Gasteiger partial charge in [0.2, 0.25) is 10.0 Å². The van der Waals surface area contributed by atoms with Gasteiger partial charge in [-0.25, -0.2) is 13.4 Å². The molecule has 0 aliphatic carbocycles. The fourth-order valence-corrected chi connectivity index (χ4v) is 5.95. The second-order valence-corrected chi connectivity index (χ2v) is 9.97. The Morgan fingerprint density at radius 1 is 1.09 bits per heavy atom. The first-order chi connectivity index (χ1) is 15.4. The molecule has 0 bridgehead atoms. The van der Waals surface area contributed by atoms with E-state index in [2.05, 4.69) is 10.3 Å². The molecule has 1 saturated heterocycles. The van der Waals surface area contributed by atoms with Crippen molar-refractivity contribution in [2.45, 2.75) is 17.7 Å². The lowest BCUT2D eigenvalue weighted by molar-refractivity contribution is 0.102. The molecule has 1 aromatic heterocycles. The molecule has 1 amide bonds. The molecule has 1 fully saturated rings. The number of ether oxygens (including phenoxy) is 2. The minimum atomic E-state index is -3.57. The number of carbonyl (C=O) groups is 1. The van der Waals surface area contributed by atoms with Crippen LogP contribution in [0.3, 0.4) is 0 Å². The molecule has 0 spiro atoms. The first kappa shape index (κ1) is 22.3. The van der Waals surface area contributed by atoms with E-state index >= 15 is 0 Å². The zero-order chi connectivity index (χ0) is 22.7. The molecule has 32 heavy (non-hydrogen) atoms. The van der Waals surface area contributed by atoms with Crippen molar-refractivity contribution in [3.05, 3.63) is 53.5 Å². The predicted octanol–water partition coefficient (Wildman–Crippen LogP) is 3.86. The molecule has 8 nitrogen and oxygen atoms in total. The van der Waals surface area contributed by atoms with Crippen LogP contribution in [0.2, 0.25) is 0 Å². The van der Waals surface area contributed by atoms with Crippen LogP contribution in [0.5, 0.6) is 11.5 Å². The van der Waals surface area contributed by atoms with E-state index in [9.17, 15) is 13.2 Å². The molecule has 1 N–H and O–H groups in total. The van der Waals surface area contributed by atoms with Gasteiger partial charge in [-0.1, -0.05) is 12.1 Å². The Morgan fingerprint density at radius 3 is 2.56 bits per heavy atom. The van der Waals surface area contributed by atoms with Crippen LogP contribution < -0.4 is 14.8 Å². The van der Waals surface area contributed by atoms with Gasteiger partial charge in [-0.15, -0.1) is 11.3 Å². The Kier molecular flexibility index (Phi) is 6.45. The average molecular weight is 474 g/mol. The van der Waals surface area contributed by atoms with Crippen LogP contribution >= 0.6 is 11.3 Å². The number of methoxy groups -OCH3 is 2. The van der Waals surface area contributed by atoms with Gasteiger partial charge >= 0.3 is 0 Å². The van der Waals surface area contributed by atoms with Crippen LogP contribution in [0, 0.1) is 0 Å². The summed E-state index contributed by atoms with van der Waals surface area (Å²) in [6, 6.07) is 11.7. The third-order valence-corrected chi connectivity index (χ3v) is 7.94. The van der Waals surface area contributed by atoms with Crippen LogP contribution in [0.1, 0.15) is 23.3 Å².